The van der Waals surface area contributed by atoms with Crippen LogP contribution in [0.3, 0.4) is 0 Å². The minimum Gasteiger partial charge on any atom is -0.271 e. The summed E-state index contributed by atoms with van der Waals surface area (Å²) >= 11 is 11.8. The fourth-order valence-corrected chi connectivity index (χ4v) is 1.78. The van der Waals surface area contributed by atoms with Crippen LogP contribution in [0, 0.1) is 0 Å². The van der Waals surface area contributed by atoms with Gasteiger partial charge in [-0.3, -0.25) is 16.3 Å². The Hall–Kier alpha value is -0.610. The van der Waals surface area contributed by atoms with Gasteiger partial charge in [0.25, 0.3) is 0 Å². The van der Waals surface area contributed by atoms with Crippen molar-refractivity contribution in [1.29, 1.82) is 0 Å². The van der Waals surface area contributed by atoms with E-state index in [1.165, 1.54) is 0 Å². The van der Waals surface area contributed by atoms with Crippen LogP contribution in [0.15, 0.2) is 24.4 Å². The van der Waals surface area contributed by atoms with Crippen LogP contribution < -0.4 is 11.3 Å². The van der Waals surface area contributed by atoms with Gasteiger partial charge in [-0.25, -0.2) is 0 Å². The maximum atomic E-state index is 6.01. The summed E-state index contributed by atoms with van der Waals surface area (Å²) < 4.78 is 0. The SMILES string of the molecule is C=C(C)CC(NN)c1ncc(Cl)cc1Cl. The molecule has 3 nitrogen and oxygen atoms in total. The summed E-state index contributed by atoms with van der Waals surface area (Å²) in [6.45, 7) is 5.75. The molecule has 1 aromatic rings. The highest BCUT2D eigenvalue weighted by Gasteiger charge is 2.15. The van der Waals surface area contributed by atoms with Crippen molar-refractivity contribution in [1.82, 2.24) is 10.4 Å². The quantitative estimate of drug-likeness (QED) is 0.488. The smallest absolute Gasteiger partial charge is 0.0776 e. The largest absolute Gasteiger partial charge is 0.271 e. The van der Waals surface area contributed by atoms with Crippen LogP contribution in [0.5, 0.6) is 0 Å². The second-order valence-electron chi connectivity index (χ2n) is 3.40. The summed E-state index contributed by atoms with van der Waals surface area (Å²) in [6.07, 6.45) is 2.23. The summed E-state index contributed by atoms with van der Waals surface area (Å²) in [6, 6.07) is 1.51. The van der Waals surface area contributed by atoms with E-state index in [1.54, 1.807) is 12.3 Å². The number of pyridine rings is 1. The first-order valence-electron chi connectivity index (χ1n) is 4.46. The zero-order valence-corrected chi connectivity index (χ0v) is 9.94. The number of nitrogens with one attached hydrogen (secondary N) is 1. The molecule has 1 aromatic heterocycles. The van der Waals surface area contributed by atoms with Gasteiger partial charge in [0.15, 0.2) is 0 Å². The minimum absolute atomic E-state index is 0.132. The molecule has 0 spiro atoms. The first-order valence-corrected chi connectivity index (χ1v) is 5.21. The molecule has 1 atom stereocenters. The normalized spacial score (nSPS) is 12.5. The van der Waals surface area contributed by atoms with E-state index < -0.39 is 0 Å². The molecular formula is C10H13Cl2N3. The van der Waals surface area contributed by atoms with E-state index in [-0.39, 0.29) is 6.04 Å². The Balaban J connectivity index is 2.96. The van der Waals surface area contributed by atoms with Crippen molar-refractivity contribution in [3.63, 3.8) is 0 Å². The molecule has 0 aliphatic carbocycles. The Morgan fingerprint density at radius 3 is 2.80 bits per heavy atom. The van der Waals surface area contributed by atoms with E-state index in [9.17, 15) is 0 Å². The lowest BCUT2D eigenvalue weighted by molar-refractivity contribution is 0.537. The molecule has 1 heterocycles. The lowest BCUT2D eigenvalue weighted by Crippen LogP contribution is -2.29. The molecule has 1 rings (SSSR count). The molecule has 3 N–H and O–H groups in total. The molecule has 82 valence electrons. The molecule has 0 amide bonds. The topological polar surface area (TPSA) is 50.9 Å². The van der Waals surface area contributed by atoms with Gasteiger partial charge in [0.2, 0.25) is 0 Å². The van der Waals surface area contributed by atoms with Crippen molar-refractivity contribution in [2.24, 2.45) is 5.84 Å². The average molecular weight is 246 g/mol. The highest BCUT2D eigenvalue weighted by Crippen LogP contribution is 2.26. The molecule has 0 saturated heterocycles. The van der Waals surface area contributed by atoms with E-state index in [0.717, 1.165) is 5.57 Å². The maximum absolute atomic E-state index is 6.01. The molecule has 15 heavy (non-hydrogen) atoms. The summed E-state index contributed by atoms with van der Waals surface area (Å²) in [5, 5.41) is 1.02. The van der Waals surface area contributed by atoms with Crippen LogP contribution in [0.1, 0.15) is 25.1 Å². The minimum atomic E-state index is -0.132. The zero-order chi connectivity index (χ0) is 11.4. The highest BCUT2D eigenvalue weighted by molar-refractivity contribution is 6.34. The van der Waals surface area contributed by atoms with Crippen molar-refractivity contribution in [2.45, 2.75) is 19.4 Å². The number of rotatable bonds is 4. The summed E-state index contributed by atoms with van der Waals surface area (Å²) in [5.41, 5.74) is 4.35. The third-order valence-corrected chi connectivity index (χ3v) is 2.43. The third kappa shape index (κ3) is 3.47. The van der Waals surface area contributed by atoms with Crippen molar-refractivity contribution in [2.75, 3.05) is 0 Å². The maximum Gasteiger partial charge on any atom is 0.0776 e. The molecule has 0 radical (unpaired) electrons. The standard InChI is InChI=1S/C10H13Cl2N3/c1-6(2)3-9(15-13)10-8(12)4-7(11)5-14-10/h4-5,9,15H,1,3,13H2,2H3. The van der Waals surface area contributed by atoms with Crippen molar-refractivity contribution >= 4 is 23.2 Å². The Morgan fingerprint density at radius 2 is 2.33 bits per heavy atom. The summed E-state index contributed by atoms with van der Waals surface area (Å²) in [5.74, 6) is 5.44. The Labute approximate surface area is 99.3 Å². The van der Waals surface area contributed by atoms with Gasteiger partial charge in [-0.2, -0.15) is 0 Å². The van der Waals surface area contributed by atoms with E-state index in [0.29, 0.717) is 22.2 Å². The number of hydrogen-bond acceptors (Lipinski definition) is 3. The Bertz CT molecular complexity index is 366. The first-order chi connectivity index (χ1) is 7.04. The summed E-state index contributed by atoms with van der Waals surface area (Å²) in [7, 11) is 0. The van der Waals surface area contributed by atoms with Gasteiger partial charge < -0.3 is 0 Å². The first kappa shape index (κ1) is 12.5. The predicted octanol–water partition coefficient (Wildman–Crippen LogP) is 2.86. The van der Waals surface area contributed by atoms with Crippen LogP contribution in [0.2, 0.25) is 10.0 Å². The van der Waals surface area contributed by atoms with Gasteiger partial charge in [0, 0.05) is 6.20 Å². The van der Waals surface area contributed by atoms with Crippen molar-refractivity contribution in [3.05, 3.63) is 40.2 Å². The Morgan fingerprint density at radius 1 is 1.67 bits per heavy atom. The molecular weight excluding hydrogens is 233 g/mol. The van der Waals surface area contributed by atoms with Crippen LogP contribution in [0.25, 0.3) is 0 Å². The predicted molar refractivity (Wildman–Crippen MR) is 63.8 cm³/mol. The number of hydrogen-bond donors (Lipinski definition) is 2. The van der Waals surface area contributed by atoms with Gasteiger partial charge in [0.1, 0.15) is 0 Å². The fraction of sp³-hybridized carbons (Fsp3) is 0.300. The number of hydrazine groups is 1. The fourth-order valence-electron chi connectivity index (χ4n) is 1.26. The number of aromatic nitrogens is 1. The molecule has 0 fully saturated rings. The molecule has 0 aliphatic rings. The van der Waals surface area contributed by atoms with Crippen LogP contribution in [-0.2, 0) is 0 Å². The molecule has 0 bridgehead atoms. The van der Waals surface area contributed by atoms with Gasteiger partial charge in [-0.15, -0.1) is 6.58 Å². The number of nitrogens with two attached hydrogens (primary N) is 1. The highest BCUT2D eigenvalue weighted by atomic mass is 35.5. The van der Waals surface area contributed by atoms with E-state index in [1.807, 2.05) is 6.92 Å². The van der Waals surface area contributed by atoms with Gasteiger partial charge in [0.05, 0.1) is 21.8 Å². The van der Waals surface area contributed by atoms with E-state index in [4.69, 9.17) is 29.0 Å². The number of halogens is 2. The van der Waals surface area contributed by atoms with Crippen LogP contribution >= 0.6 is 23.2 Å². The van der Waals surface area contributed by atoms with Gasteiger partial charge in [-0.1, -0.05) is 28.8 Å². The second-order valence-corrected chi connectivity index (χ2v) is 4.24. The molecule has 0 aliphatic heterocycles. The van der Waals surface area contributed by atoms with E-state index >= 15 is 0 Å². The van der Waals surface area contributed by atoms with Crippen molar-refractivity contribution < 1.29 is 0 Å². The van der Waals surface area contributed by atoms with E-state index in [2.05, 4.69) is 17.0 Å². The zero-order valence-electron chi connectivity index (χ0n) is 8.43. The second kappa shape index (κ2) is 5.47. The molecule has 0 saturated carbocycles. The number of nitrogens with zero attached hydrogens (tertiary/aromatic N) is 1. The lowest BCUT2D eigenvalue weighted by Gasteiger charge is -2.16. The lowest BCUT2D eigenvalue weighted by atomic mass is 10.1. The van der Waals surface area contributed by atoms with Crippen LogP contribution in [-0.4, -0.2) is 4.98 Å². The summed E-state index contributed by atoms with van der Waals surface area (Å²) in [4.78, 5) is 4.15. The molecule has 5 heteroatoms. The monoisotopic (exact) mass is 245 g/mol. The third-order valence-electron chi connectivity index (χ3n) is 1.92. The van der Waals surface area contributed by atoms with Gasteiger partial charge in [-0.05, 0) is 19.4 Å². The van der Waals surface area contributed by atoms with Gasteiger partial charge >= 0.3 is 0 Å². The van der Waals surface area contributed by atoms with Crippen LogP contribution in [0.4, 0.5) is 0 Å². The Kier molecular flexibility index (Phi) is 4.54. The molecule has 1 unspecified atom stereocenters. The molecule has 0 aromatic carbocycles. The van der Waals surface area contributed by atoms with Crippen molar-refractivity contribution in [3.8, 4) is 0 Å². The average Bonchev–Trinajstić information content (AvgIpc) is 2.14.